The van der Waals surface area contributed by atoms with Crippen LogP contribution in [0.15, 0.2) is 17.5 Å². The number of hydrogen-bond acceptors (Lipinski definition) is 6. The molecule has 3 N–H and O–H groups in total. The Morgan fingerprint density at radius 1 is 1.38 bits per heavy atom. The van der Waals surface area contributed by atoms with Crippen LogP contribution in [0.2, 0.25) is 0 Å². The number of nitrogens with one attached hydrogen (secondary N) is 1. The van der Waals surface area contributed by atoms with Gasteiger partial charge in [-0.2, -0.15) is 0 Å². The van der Waals surface area contributed by atoms with Crippen LogP contribution >= 0.6 is 23.7 Å². The topological polar surface area (TPSA) is 86.5 Å². The van der Waals surface area contributed by atoms with E-state index in [0.717, 1.165) is 0 Å². The zero-order chi connectivity index (χ0) is 17.0. The molecule has 0 bridgehead atoms. The van der Waals surface area contributed by atoms with Crippen molar-refractivity contribution in [2.45, 2.75) is 19.5 Å². The summed E-state index contributed by atoms with van der Waals surface area (Å²) in [4.78, 5) is 16.3. The average molecular weight is 376 g/mol. The summed E-state index contributed by atoms with van der Waals surface area (Å²) in [7, 11) is 2.89. The van der Waals surface area contributed by atoms with Gasteiger partial charge in [0, 0.05) is 23.6 Å². The summed E-state index contributed by atoms with van der Waals surface area (Å²) in [6.45, 7) is 1.95. The van der Waals surface area contributed by atoms with Crippen molar-refractivity contribution < 1.29 is 18.7 Å². The molecule has 0 aliphatic rings. The maximum absolute atomic E-state index is 14.2. The number of benzene rings is 1. The van der Waals surface area contributed by atoms with Crippen molar-refractivity contribution in [3.8, 4) is 11.5 Å². The fourth-order valence-electron chi connectivity index (χ4n) is 2.06. The highest BCUT2D eigenvalue weighted by Crippen LogP contribution is 2.32. The highest BCUT2D eigenvalue weighted by molar-refractivity contribution is 7.09. The molecule has 1 aromatic heterocycles. The van der Waals surface area contributed by atoms with Crippen LogP contribution in [0.5, 0.6) is 11.5 Å². The minimum atomic E-state index is -0.565. The van der Waals surface area contributed by atoms with Gasteiger partial charge in [-0.15, -0.1) is 23.7 Å². The van der Waals surface area contributed by atoms with Gasteiger partial charge < -0.3 is 20.5 Å². The Morgan fingerprint density at radius 3 is 2.54 bits per heavy atom. The SMILES string of the molecule is COc1cc(F)c(C(C)NC(=O)c2csc(CN)n2)cc1OC.Cl. The van der Waals surface area contributed by atoms with Crippen molar-refractivity contribution in [3.05, 3.63) is 39.6 Å². The first-order chi connectivity index (χ1) is 11.0. The summed E-state index contributed by atoms with van der Waals surface area (Å²) in [5.41, 5.74) is 6.04. The maximum Gasteiger partial charge on any atom is 0.271 e. The monoisotopic (exact) mass is 375 g/mol. The molecule has 0 radical (unpaired) electrons. The lowest BCUT2D eigenvalue weighted by atomic mass is 10.1. The number of halogens is 2. The van der Waals surface area contributed by atoms with E-state index in [1.807, 2.05) is 0 Å². The molecule has 1 unspecified atom stereocenters. The van der Waals surface area contributed by atoms with Crippen LogP contribution < -0.4 is 20.5 Å². The quantitative estimate of drug-likeness (QED) is 0.810. The Hall–Kier alpha value is -1.90. The first-order valence-corrected chi connectivity index (χ1v) is 7.74. The highest BCUT2D eigenvalue weighted by atomic mass is 35.5. The number of thiazole rings is 1. The number of carbonyl (C=O) groups is 1. The molecular weight excluding hydrogens is 357 g/mol. The van der Waals surface area contributed by atoms with Gasteiger partial charge in [0.05, 0.1) is 20.3 Å². The molecule has 1 atom stereocenters. The van der Waals surface area contributed by atoms with Gasteiger partial charge in [0.1, 0.15) is 16.5 Å². The van der Waals surface area contributed by atoms with Crippen LogP contribution in [0.4, 0.5) is 4.39 Å². The lowest BCUT2D eigenvalue weighted by Gasteiger charge is -2.17. The lowest BCUT2D eigenvalue weighted by molar-refractivity contribution is 0.0935. The molecule has 0 aliphatic heterocycles. The molecule has 1 aromatic carbocycles. The number of methoxy groups -OCH3 is 2. The molecule has 132 valence electrons. The summed E-state index contributed by atoms with van der Waals surface area (Å²) in [5.74, 6) is -0.192. The molecule has 0 aliphatic carbocycles. The first-order valence-electron chi connectivity index (χ1n) is 6.86. The van der Waals surface area contributed by atoms with Gasteiger partial charge in [-0.3, -0.25) is 4.79 Å². The van der Waals surface area contributed by atoms with Crippen LogP contribution in [0, 0.1) is 5.82 Å². The van der Waals surface area contributed by atoms with Gasteiger partial charge in [0.15, 0.2) is 11.5 Å². The number of amides is 1. The Bertz CT molecular complexity index is 711. The average Bonchev–Trinajstić information content (AvgIpc) is 3.03. The molecule has 0 saturated heterocycles. The smallest absolute Gasteiger partial charge is 0.271 e. The van der Waals surface area contributed by atoms with Crippen LogP contribution in [0.1, 0.15) is 34.0 Å². The zero-order valence-electron chi connectivity index (χ0n) is 13.5. The number of carbonyl (C=O) groups excluding carboxylic acids is 1. The highest BCUT2D eigenvalue weighted by Gasteiger charge is 2.19. The number of rotatable bonds is 6. The Balaban J connectivity index is 0.00000288. The number of hydrogen-bond donors (Lipinski definition) is 2. The molecule has 9 heteroatoms. The van der Waals surface area contributed by atoms with Crippen molar-refractivity contribution in [1.82, 2.24) is 10.3 Å². The van der Waals surface area contributed by atoms with Crippen LogP contribution in [0.3, 0.4) is 0 Å². The molecule has 0 saturated carbocycles. The van der Waals surface area contributed by atoms with Gasteiger partial charge in [-0.1, -0.05) is 0 Å². The fourth-order valence-corrected chi connectivity index (χ4v) is 2.71. The standard InChI is InChI=1S/C15H18FN3O3S.ClH/c1-8(18-15(20)11-7-23-14(6-17)19-11)9-4-12(21-2)13(22-3)5-10(9)16;/h4-5,7-8H,6,17H2,1-3H3,(H,18,20);1H. The summed E-state index contributed by atoms with van der Waals surface area (Å²) in [6, 6.07) is 2.17. The second kappa shape index (κ2) is 8.81. The van der Waals surface area contributed by atoms with Crippen LogP contribution in [-0.2, 0) is 6.54 Å². The third kappa shape index (κ3) is 4.34. The van der Waals surface area contributed by atoms with Gasteiger partial charge in [-0.25, -0.2) is 9.37 Å². The first kappa shape index (κ1) is 20.1. The number of ether oxygens (including phenoxy) is 2. The number of aromatic nitrogens is 1. The molecule has 6 nitrogen and oxygen atoms in total. The Morgan fingerprint density at radius 2 is 2.00 bits per heavy atom. The van der Waals surface area contributed by atoms with Crippen LogP contribution in [0.25, 0.3) is 0 Å². The Labute approximate surface area is 149 Å². The summed E-state index contributed by atoms with van der Waals surface area (Å²) in [5, 5.41) is 4.99. The van der Waals surface area contributed by atoms with Crippen molar-refractivity contribution in [2.24, 2.45) is 5.73 Å². The predicted octanol–water partition coefficient (Wildman–Crippen LogP) is 2.67. The van der Waals surface area contributed by atoms with E-state index in [4.69, 9.17) is 15.2 Å². The van der Waals surface area contributed by atoms with Crippen molar-refractivity contribution in [3.63, 3.8) is 0 Å². The zero-order valence-corrected chi connectivity index (χ0v) is 15.1. The fraction of sp³-hybridized carbons (Fsp3) is 0.333. The Kier molecular flexibility index (Phi) is 7.40. The third-order valence-electron chi connectivity index (χ3n) is 3.28. The lowest BCUT2D eigenvalue weighted by Crippen LogP contribution is -2.27. The third-order valence-corrected chi connectivity index (χ3v) is 4.15. The molecule has 24 heavy (non-hydrogen) atoms. The summed E-state index contributed by atoms with van der Waals surface area (Å²) >= 11 is 1.31. The van der Waals surface area contributed by atoms with E-state index < -0.39 is 11.9 Å². The van der Waals surface area contributed by atoms with E-state index in [1.165, 1.54) is 37.7 Å². The summed E-state index contributed by atoms with van der Waals surface area (Å²) < 4.78 is 24.4. The van der Waals surface area contributed by atoms with Crippen molar-refractivity contribution >= 4 is 29.7 Å². The molecule has 2 aromatic rings. The molecule has 1 amide bonds. The maximum atomic E-state index is 14.2. The largest absolute Gasteiger partial charge is 0.493 e. The summed E-state index contributed by atoms with van der Waals surface area (Å²) in [6.07, 6.45) is 0. The van der Waals surface area contributed by atoms with E-state index in [9.17, 15) is 9.18 Å². The minimum absolute atomic E-state index is 0. The van der Waals surface area contributed by atoms with E-state index in [0.29, 0.717) is 22.1 Å². The predicted molar refractivity (Wildman–Crippen MR) is 92.6 cm³/mol. The molecule has 0 spiro atoms. The van der Waals surface area contributed by atoms with Gasteiger partial charge in [-0.05, 0) is 13.0 Å². The van der Waals surface area contributed by atoms with Crippen LogP contribution in [-0.4, -0.2) is 25.1 Å². The second-order valence-corrected chi connectivity index (χ2v) is 5.70. The van der Waals surface area contributed by atoms with Crippen molar-refractivity contribution in [2.75, 3.05) is 14.2 Å². The molecule has 2 rings (SSSR count). The molecular formula is C15H19ClFN3O3S. The van der Waals surface area contributed by atoms with E-state index >= 15 is 0 Å². The van der Waals surface area contributed by atoms with E-state index in [-0.39, 0.29) is 30.6 Å². The van der Waals surface area contributed by atoms with Gasteiger partial charge >= 0.3 is 0 Å². The van der Waals surface area contributed by atoms with Gasteiger partial charge in [0.25, 0.3) is 5.91 Å². The second-order valence-electron chi connectivity index (χ2n) is 4.75. The molecule has 1 heterocycles. The number of nitrogens with zero attached hydrogens (tertiary/aromatic N) is 1. The minimum Gasteiger partial charge on any atom is -0.493 e. The van der Waals surface area contributed by atoms with Crippen molar-refractivity contribution in [1.29, 1.82) is 0 Å². The number of nitrogens with two attached hydrogens (primary N) is 1. The van der Waals surface area contributed by atoms with Gasteiger partial charge in [0.2, 0.25) is 0 Å². The molecule has 0 fully saturated rings. The normalized spacial score (nSPS) is 11.4. The van der Waals surface area contributed by atoms with E-state index in [1.54, 1.807) is 12.3 Å². The van der Waals surface area contributed by atoms with E-state index in [2.05, 4.69) is 10.3 Å².